The first kappa shape index (κ1) is 22.7. The molecule has 3 rings (SSSR count). The summed E-state index contributed by atoms with van der Waals surface area (Å²) in [5, 5.41) is 1.12. The molecule has 0 amide bonds. The van der Waals surface area contributed by atoms with Crippen LogP contribution in [0.4, 0.5) is 0 Å². The Morgan fingerprint density at radius 1 is 1.07 bits per heavy atom. The highest BCUT2D eigenvalue weighted by Gasteiger charge is 2.19. The van der Waals surface area contributed by atoms with Gasteiger partial charge in [-0.2, -0.15) is 0 Å². The van der Waals surface area contributed by atoms with Gasteiger partial charge in [-0.25, -0.2) is 0 Å². The molecule has 0 spiro atoms. The Balaban J connectivity index is 0.000000221. The Morgan fingerprint density at radius 3 is 2.25 bits per heavy atom. The van der Waals surface area contributed by atoms with Gasteiger partial charge >= 0.3 is 0 Å². The quantitative estimate of drug-likeness (QED) is 0.594. The molecule has 0 saturated carbocycles. The number of ether oxygens (including phenoxy) is 1. The van der Waals surface area contributed by atoms with Gasteiger partial charge in [-0.15, -0.1) is 0 Å². The third-order valence-corrected chi connectivity index (χ3v) is 5.49. The summed E-state index contributed by atoms with van der Waals surface area (Å²) >= 11 is 11.8. The van der Waals surface area contributed by atoms with Gasteiger partial charge < -0.3 is 9.64 Å². The van der Waals surface area contributed by atoms with E-state index in [9.17, 15) is 4.79 Å². The Labute approximate surface area is 178 Å². The van der Waals surface area contributed by atoms with Crippen molar-refractivity contribution in [3.05, 3.63) is 63.6 Å². The van der Waals surface area contributed by atoms with E-state index >= 15 is 0 Å². The summed E-state index contributed by atoms with van der Waals surface area (Å²) in [5.41, 5.74) is 2.33. The molecular formula is C23H29Cl2NO2. The third-order valence-electron chi connectivity index (χ3n) is 4.75. The molecule has 0 atom stereocenters. The Morgan fingerprint density at radius 2 is 1.71 bits per heavy atom. The lowest BCUT2D eigenvalue weighted by Gasteiger charge is -2.31. The predicted octanol–water partition coefficient (Wildman–Crippen LogP) is 5.98. The number of carbonyl (C=O) groups is 1. The van der Waals surface area contributed by atoms with Gasteiger partial charge in [0.1, 0.15) is 17.6 Å². The lowest BCUT2D eigenvalue weighted by Crippen LogP contribution is -2.37. The van der Waals surface area contributed by atoms with Crippen molar-refractivity contribution in [3.8, 4) is 5.75 Å². The van der Waals surface area contributed by atoms with Crippen LogP contribution in [0.2, 0.25) is 10.0 Å². The van der Waals surface area contributed by atoms with Gasteiger partial charge in [-0.3, -0.25) is 4.79 Å². The number of carbonyl (C=O) groups excluding carboxylic acids is 1. The van der Waals surface area contributed by atoms with Crippen LogP contribution < -0.4 is 4.74 Å². The molecule has 0 radical (unpaired) electrons. The number of Topliss-reactive ketones (excluding diaryl/α,β-unsaturated/α-hetero) is 1. The molecule has 2 aromatic rings. The number of benzene rings is 2. The van der Waals surface area contributed by atoms with E-state index in [2.05, 4.69) is 11.8 Å². The first-order chi connectivity index (χ1) is 13.4. The smallest absolute Gasteiger partial charge is 0.134 e. The highest BCUT2D eigenvalue weighted by Crippen LogP contribution is 2.28. The summed E-state index contributed by atoms with van der Waals surface area (Å²) in [7, 11) is 0. The Bertz CT molecular complexity index is 754. The van der Waals surface area contributed by atoms with E-state index in [0.29, 0.717) is 22.6 Å². The number of rotatable bonds is 5. The lowest BCUT2D eigenvalue weighted by molar-refractivity contribution is -0.116. The average molecular weight is 422 g/mol. The zero-order valence-corrected chi connectivity index (χ0v) is 18.4. The number of hydrogen-bond donors (Lipinski definition) is 0. The fourth-order valence-electron chi connectivity index (χ4n) is 3.08. The summed E-state index contributed by atoms with van der Waals surface area (Å²) < 4.78 is 5.91. The van der Waals surface area contributed by atoms with Crippen LogP contribution in [-0.4, -0.2) is 36.4 Å². The molecular weight excluding hydrogens is 393 g/mol. The molecule has 0 aromatic heterocycles. The zero-order valence-electron chi connectivity index (χ0n) is 16.9. The van der Waals surface area contributed by atoms with Crippen molar-refractivity contribution in [2.45, 2.75) is 46.1 Å². The zero-order chi connectivity index (χ0) is 20.5. The van der Waals surface area contributed by atoms with Crippen molar-refractivity contribution in [2.24, 2.45) is 0 Å². The molecule has 28 heavy (non-hydrogen) atoms. The van der Waals surface area contributed by atoms with Crippen LogP contribution in [0.5, 0.6) is 5.75 Å². The van der Waals surface area contributed by atoms with Crippen molar-refractivity contribution in [1.29, 1.82) is 0 Å². The van der Waals surface area contributed by atoms with Crippen molar-refractivity contribution in [1.82, 2.24) is 4.90 Å². The van der Waals surface area contributed by atoms with Crippen LogP contribution in [0.1, 0.15) is 37.8 Å². The summed E-state index contributed by atoms with van der Waals surface area (Å²) in [6, 6.07) is 13.5. The number of ketones is 1. The molecule has 5 heteroatoms. The van der Waals surface area contributed by atoms with Crippen LogP contribution >= 0.6 is 23.2 Å². The second kappa shape index (κ2) is 11.5. The molecule has 1 fully saturated rings. The largest absolute Gasteiger partial charge is 0.490 e. The Kier molecular flexibility index (Phi) is 9.30. The third kappa shape index (κ3) is 7.83. The predicted molar refractivity (Wildman–Crippen MR) is 118 cm³/mol. The number of hydrogen-bond acceptors (Lipinski definition) is 3. The van der Waals surface area contributed by atoms with Gasteiger partial charge in [0.15, 0.2) is 0 Å². The highest BCUT2D eigenvalue weighted by atomic mass is 35.5. The normalized spacial score (nSPS) is 14.9. The number of aryl methyl sites for hydroxylation is 1. The monoisotopic (exact) mass is 421 g/mol. The number of piperidine rings is 1. The molecule has 3 nitrogen and oxygen atoms in total. The van der Waals surface area contributed by atoms with Gasteiger partial charge in [-0.05, 0) is 50.9 Å². The summed E-state index contributed by atoms with van der Waals surface area (Å²) in [6.07, 6.45) is 3.01. The van der Waals surface area contributed by atoms with Crippen molar-refractivity contribution < 1.29 is 9.53 Å². The van der Waals surface area contributed by atoms with E-state index in [-0.39, 0.29) is 5.78 Å². The van der Waals surface area contributed by atoms with Crippen molar-refractivity contribution in [3.63, 3.8) is 0 Å². The van der Waals surface area contributed by atoms with Crippen LogP contribution in [-0.2, 0) is 11.2 Å². The van der Waals surface area contributed by atoms with Gasteiger partial charge in [0, 0.05) is 25.6 Å². The van der Waals surface area contributed by atoms with Crippen molar-refractivity contribution in [2.75, 3.05) is 19.6 Å². The van der Waals surface area contributed by atoms with Gasteiger partial charge in [-0.1, -0.05) is 60.0 Å². The highest BCUT2D eigenvalue weighted by molar-refractivity contribution is 6.42. The minimum atomic E-state index is 0.217. The maximum atomic E-state index is 10.7. The molecule has 0 bridgehead atoms. The maximum absolute atomic E-state index is 10.7. The second-order valence-corrected chi connectivity index (χ2v) is 8.01. The van der Waals surface area contributed by atoms with E-state index in [1.807, 2.05) is 37.3 Å². The van der Waals surface area contributed by atoms with E-state index in [0.717, 1.165) is 43.8 Å². The van der Waals surface area contributed by atoms with E-state index in [1.54, 1.807) is 19.1 Å². The standard InChI is InChI=1S/C13H17Cl2NO.C10H12O/c1-2-16-7-5-10(6-8-16)17-11-3-4-12(14)13(15)9-11;1-8-3-5-10(6-4-8)7-9(2)11/h3-4,9-10H,2,5-8H2,1H3;3-6H,7H2,1-2H3. The molecule has 0 unspecified atom stereocenters. The topological polar surface area (TPSA) is 29.5 Å². The summed E-state index contributed by atoms with van der Waals surface area (Å²) in [4.78, 5) is 13.1. The SMILES string of the molecule is CC(=O)Cc1ccc(C)cc1.CCN1CCC(Oc2ccc(Cl)c(Cl)c2)CC1. The lowest BCUT2D eigenvalue weighted by atomic mass is 10.1. The first-order valence-electron chi connectivity index (χ1n) is 9.76. The van der Waals surface area contributed by atoms with Gasteiger partial charge in [0.2, 0.25) is 0 Å². The molecule has 1 aliphatic rings. The maximum Gasteiger partial charge on any atom is 0.134 e. The van der Waals surface area contributed by atoms with E-state index in [1.165, 1.54) is 5.56 Å². The Hall–Kier alpha value is -1.55. The summed E-state index contributed by atoms with van der Waals surface area (Å²) in [5.74, 6) is 1.03. The summed E-state index contributed by atoms with van der Waals surface area (Å²) in [6.45, 7) is 9.20. The minimum absolute atomic E-state index is 0.217. The molecule has 1 saturated heterocycles. The van der Waals surface area contributed by atoms with Gasteiger partial charge in [0.25, 0.3) is 0 Å². The molecule has 0 N–H and O–H groups in total. The first-order valence-corrected chi connectivity index (χ1v) is 10.5. The molecule has 2 aromatic carbocycles. The second-order valence-electron chi connectivity index (χ2n) is 7.19. The average Bonchev–Trinajstić information content (AvgIpc) is 2.67. The van der Waals surface area contributed by atoms with E-state index < -0.39 is 0 Å². The van der Waals surface area contributed by atoms with E-state index in [4.69, 9.17) is 27.9 Å². The molecule has 0 aliphatic carbocycles. The minimum Gasteiger partial charge on any atom is -0.490 e. The number of likely N-dealkylation sites (tertiary alicyclic amines) is 1. The van der Waals surface area contributed by atoms with Crippen molar-refractivity contribution >= 4 is 29.0 Å². The number of nitrogens with zero attached hydrogens (tertiary/aromatic N) is 1. The number of halogens is 2. The van der Waals surface area contributed by atoms with Crippen LogP contribution in [0.25, 0.3) is 0 Å². The molecule has 1 aliphatic heterocycles. The van der Waals surface area contributed by atoms with Crippen LogP contribution in [0.3, 0.4) is 0 Å². The molecule has 1 heterocycles. The van der Waals surface area contributed by atoms with Crippen LogP contribution in [0.15, 0.2) is 42.5 Å². The van der Waals surface area contributed by atoms with Gasteiger partial charge in [0.05, 0.1) is 10.0 Å². The molecule has 152 valence electrons. The fraction of sp³-hybridized carbons (Fsp3) is 0.435. The fourth-order valence-corrected chi connectivity index (χ4v) is 3.37. The van der Waals surface area contributed by atoms with Crippen LogP contribution in [0, 0.1) is 6.92 Å².